The van der Waals surface area contributed by atoms with Crippen molar-refractivity contribution in [3.05, 3.63) is 82.6 Å². The van der Waals surface area contributed by atoms with Crippen LogP contribution in [-0.4, -0.2) is 25.7 Å². The molecule has 5 heteroatoms. The molecule has 0 N–H and O–H groups in total. The van der Waals surface area contributed by atoms with E-state index in [0.717, 1.165) is 21.9 Å². The number of carbonyl (C=O) groups excluding carboxylic acids is 1. The molecule has 28 heavy (non-hydrogen) atoms. The lowest BCUT2D eigenvalue weighted by molar-refractivity contribution is -0.117. The largest absolute Gasteiger partial charge is 0.486 e. The number of fused-ring (bicyclic) bond motifs is 1. The normalized spacial score (nSPS) is 12.9. The third-order valence-electron chi connectivity index (χ3n) is 4.44. The Labute approximate surface area is 168 Å². The van der Waals surface area contributed by atoms with Crippen LogP contribution in [0.25, 0.3) is 6.08 Å². The second kappa shape index (κ2) is 8.76. The van der Waals surface area contributed by atoms with E-state index in [4.69, 9.17) is 9.47 Å². The van der Waals surface area contributed by atoms with Crippen LogP contribution in [0.2, 0.25) is 0 Å². The molecule has 1 aromatic heterocycles. The summed E-state index contributed by atoms with van der Waals surface area (Å²) < 4.78 is 11.3. The van der Waals surface area contributed by atoms with Gasteiger partial charge in [-0.15, -0.1) is 11.3 Å². The smallest absolute Gasteiger partial charge is 0.232 e. The van der Waals surface area contributed by atoms with E-state index in [1.54, 1.807) is 16.2 Å². The van der Waals surface area contributed by atoms with E-state index >= 15 is 0 Å². The van der Waals surface area contributed by atoms with Gasteiger partial charge in [0, 0.05) is 23.2 Å². The number of ether oxygens (including phenoxy) is 2. The van der Waals surface area contributed by atoms with Crippen LogP contribution in [0.3, 0.4) is 0 Å². The summed E-state index contributed by atoms with van der Waals surface area (Å²) in [6.45, 7) is 1.55. The summed E-state index contributed by atoms with van der Waals surface area (Å²) in [5.41, 5.74) is 1.92. The molecule has 0 aliphatic carbocycles. The van der Waals surface area contributed by atoms with Crippen molar-refractivity contribution in [1.82, 2.24) is 0 Å². The zero-order chi connectivity index (χ0) is 19.2. The Morgan fingerprint density at radius 3 is 2.61 bits per heavy atom. The SMILES string of the molecule is O=C(Cc1cccs1)N(C/C=C/c1ccccc1)c1ccc2c(c1)OCCO2. The molecule has 0 fully saturated rings. The van der Waals surface area contributed by atoms with Crippen LogP contribution in [0.15, 0.2) is 72.1 Å². The van der Waals surface area contributed by atoms with Gasteiger partial charge >= 0.3 is 0 Å². The Hall–Kier alpha value is -3.05. The van der Waals surface area contributed by atoms with Gasteiger partial charge in [0.2, 0.25) is 5.91 Å². The number of hydrogen-bond acceptors (Lipinski definition) is 4. The highest BCUT2D eigenvalue weighted by Gasteiger charge is 2.19. The maximum atomic E-state index is 13.0. The zero-order valence-corrected chi connectivity index (χ0v) is 16.2. The quantitative estimate of drug-likeness (QED) is 0.605. The lowest BCUT2D eigenvalue weighted by atomic mass is 10.2. The second-order valence-corrected chi connectivity index (χ2v) is 7.43. The van der Waals surface area contributed by atoms with Gasteiger partial charge in [-0.2, -0.15) is 0 Å². The van der Waals surface area contributed by atoms with E-state index in [1.165, 1.54) is 0 Å². The van der Waals surface area contributed by atoms with E-state index in [0.29, 0.717) is 31.9 Å². The number of thiophene rings is 1. The van der Waals surface area contributed by atoms with Crippen LogP contribution in [0.1, 0.15) is 10.4 Å². The van der Waals surface area contributed by atoms with Gasteiger partial charge in [0.05, 0.1) is 6.42 Å². The van der Waals surface area contributed by atoms with E-state index in [9.17, 15) is 4.79 Å². The van der Waals surface area contributed by atoms with E-state index in [-0.39, 0.29) is 5.91 Å². The van der Waals surface area contributed by atoms with Gasteiger partial charge in [-0.3, -0.25) is 4.79 Å². The standard InChI is InChI=1S/C23H21NO3S/c25-23(17-20-9-5-15-28-20)24(12-4-8-18-6-2-1-3-7-18)19-10-11-21-22(16-19)27-14-13-26-21/h1-11,15-16H,12-14,17H2/b8-4+. The average molecular weight is 391 g/mol. The lowest BCUT2D eigenvalue weighted by Gasteiger charge is -2.24. The number of nitrogens with zero attached hydrogens (tertiary/aromatic N) is 1. The second-order valence-electron chi connectivity index (χ2n) is 6.40. The van der Waals surface area contributed by atoms with Crippen LogP contribution in [-0.2, 0) is 11.2 Å². The van der Waals surface area contributed by atoms with Crippen LogP contribution in [0.5, 0.6) is 11.5 Å². The van der Waals surface area contributed by atoms with Crippen LogP contribution in [0, 0.1) is 0 Å². The van der Waals surface area contributed by atoms with Crippen molar-refractivity contribution in [2.75, 3.05) is 24.7 Å². The van der Waals surface area contributed by atoms with E-state index in [2.05, 4.69) is 0 Å². The Bertz CT molecular complexity index is 951. The molecule has 3 aromatic rings. The summed E-state index contributed by atoms with van der Waals surface area (Å²) in [5.74, 6) is 1.46. The number of anilines is 1. The molecule has 4 nitrogen and oxygen atoms in total. The summed E-state index contributed by atoms with van der Waals surface area (Å²) in [5, 5.41) is 1.99. The predicted molar refractivity (Wildman–Crippen MR) is 113 cm³/mol. The molecule has 0 spiro atoms. The van der Waals surface area contributed by atoms with Crippen LogP contribution < -0.4 is 14.4 Å². The van der Waals surface area contributed by atoms with Crippen molar-refractivity contribution in [2.24, 2.45) is 0 Å². The number of hydrogen-bond donors (Lipinski definition) is 0. The van der Waals surface area contributed by atoms with Crippen LogP contribution >= 0.6 is 11.3 Å². The molecule has 1 aliphatic heterocycles. The van der Waals surface area contributed by atoms with Crippen molar-refractivity contribution in [3.8, 4) is 11.5 Å². The van der Waals surface area contributed by atoms with Gasteiger partial charge in [-0.25, -0.2) is 0 Å². The third kappa shape index (κ3) is 4.43. The first-order valence-corrected chi connectivity index (χ1v) is 10.1. The minimum atomic E-state index is 0.0526. The monoisotopic (exact) mass is 391 g/mol. The van der Waals surface area contributed by atoms with Gasteiger partial charge in [0.1, 0.15) is 13.2 Å². The first kappa shape index (κ1) is 18.3. The average Bonchev–Trinajstić information content (AvgIpc) is 3.24. The zero-order valence-electron chi connectivity index (χ0n) is 15.4. The van der Waals surface area contributed by atoms with Crippen molar-refractivity contribution in [3.63, 3.8) is 0 Å². The Kier molecular flexibility index (Phi) is 5.73. The molecular formula is C23H21NO3S. The van der Waals surface area contributed by atoms with Crippen molar-refractivity contribution < 1.29 is 14.3 Å². The first-order chi connectivity index (χ1) is 13.8. The number of carbonyl (C=O) groups is 1. The van der Waals surface area contributed by atoms with Gasteiger partial charge < -0.3 is 14.4 Å². The molecule has 0 saturated carbocycles. The molecule has 2 aromatic carbocycles. The molecular weight excluding hydrogens is 370 g/mol. The fourth-order valence-electron chi connectivity index (χ4n) is 3.07. The van der Waals surface area contributed by atoms with E-state index in [1.807, 2.05) is 78.2 Å². The molecule has 0 radical (unpaired) electrons. The van der Waals surface area contributed by atoms with Crippen molar-refractivity contribution in [2.45, 2.75) is 6.42 Å². The number of amides is 1. The molecule has 0 bridgehead atoms. The molecule has 2 heterocycles. The molecule has 4 rings (SSSR count). The first-order valence-electron chi connectivity index (χ1n) is 9.23. The van der Waals surface area contributed by atoms with Gasteiger partial charge in [-0.1, -0.05) is 48.6 Å². The third-order valence-corrected chi connectivity index (χ3v) is 5.32. The van der Waals surface area contributed by atoms with Crippen molar-refractivity contribution in [1.29, 1.82) is 0 Å². The Balaban J connectivity index is 1.57. The maximum absolute atomic E-state index is 13.0. The fourth-order valence-corrected chi connectivity index (χ4v) is 3.76. The minimum Gasteiger partial charge on any atom is -0.486 e. The highest BCUT2D eigenvalue weighted by Crippen LogP contribution is 2.34. The highest BCUT2D eigenvalue weighted by atomic mass is 32.1. The summed E-state index contributed by atoms with van der Waals surface area (Å²) in [6, 6.07) is 19.7. The summed E-state index contributed by atoms with van der Waals surface area (Å²) in [6.07, 6.45) is 4.42. The van der Waals surface area contributed by atoms with Gasteiger partial charge in [0.15, 0.2) is 11.5 Å². The number of rotatable bonds is 6. The predicted octanol–water partition coefficient (Wildman–Crippen LogP) is 4.81. The molecule has 1 aliphatic rings. The van der Waals surface area contributed by atoms with E-state index < -0.39 is 0 Å². The summed E-state index contributed by atoms with van der Waals surface area (Å²) >= 11 is 1.60. The fraction of sp³-hybridized carbons (Fsp3) is 0.174. The maximum Gasteiger partial charge on any atom is 0.232 e. The molecule has 142 valence electrons. The Morgan fingerprint density at radius 2 is 1.82 bits per heavy atom. The topological polar surface area (TPSA) is 38.8 Å². The summed E-state index contributed by atoms with van der Waals surface area (Å²) in [7, 11) is 0. The lowest BCUT2D eigenvalue weighted by Crippen LogP contribution is -2.32. The molecule has 0 atom stereocenters. The summed E-state index contributed by atoms with van der Waals surface area (Å²) in [4.78, 5) is 15.9. The molecule has 0 saturated heterocycles. The molecule has 1 amide bonds. The Morgan fingerprint density at radius 1 is 1.00 bits per heavy atom. The van der Waals surface area contributed by atoms with Gasteiger partial charge in [-0.05, 0) is 29.1 Å². The molecule has 0 unspecified atom stereocenters. The number of benzene rings is 2. The van der Waals surface area contributed by atoms with Gasteiger partial charge in [0.25, 0.3) is 0 Å². The van der Waals surface area contributed by atoms with Crippen molar-refractivity contribution >= 4 is 29.0 Å². The van der Waals surface area contributed by atoms with Crippen LogP contribution in [0.4, 0.5) is 5.69 Å². The minimum absolute atomic E-state index is 0.0526. The highest BCUT2D eigenvalue weighted by molar-refractivity contribution is 7.10.